The van der Waals surface area contributed by atoms with Crippen LogP contribution in [0.2, 0.25) is 0 Å². The first-order chi connectivity index (χ1) is 11.8. The van der Waals surface area contributed by atoms with Gasteiger partial charge in [0.1, 0.15) is 6.04 Å². The van der Waals surface area contributed by atoms with Crippen molar-refractivity contribution >= 4 is 49.4 Å². The van der Waals surface area contributed by atoms with E-state index < -0.39 is 22.8 Å². The predicted octanol–water partition coefficient (Wildman–Crippen LogP) is 3.55. The molecule has 0 unspecified atom stereocenters. The summed E-state index contributed by atoms with van der Waals surface area (Å²) >= 11 is 6.51. The molecule has 2 rings (SSSR count). The number of carbonyl (C=O) groups is 2. The van der Waals surface area contributed by atoms with E-state index in [1.807, 2.05) is 0 Å². The fourth-order valence-corrected chi connectivity index (χ4v) is 3.50. The standard InChI is InChI=1S/C16H12Br2N2O5/c17-11-5-10(6-12(18)8-11)15(21)19-13(16(22)23)7-9-3-1-2-4-14(9)20(24)25/h1-6,8,13H,7H2,(H,19,21)(H,22,23)/t13-/m1/s1. The molecule has 9 heteroatoms. The summed E-state index contributed by atoms with van der Waals surface area (Å²) in [5.74, 6) is -1.87. The summed E-state index contributed by atoms with van der Waals surface area (Å²) in [5.41, 5.74) is 0.305. The highest BCUT2D eigenvalue weighted by molar-refractivity contribution is 9.11. The van der Waals surface area contributed by atoms with Gasteiger partial charge in [-0.3, -0.25) is 14.9 Å². The lowest BCUT2D eigenvalue weighted by Gasteiger charge is -2.15. The lowest BCUT2D eigenvalue weighted by Crippen LogP contribution is -2.42. The van der Waals surface area contributed by atoms with Crippen LogP contribution in [-0.4, -0.2) is 27.9 Å². The molecule has 0 radical (unpaired) electrons. The zero-order valence-corrected chi connectivity index (χ0v) is 15.8. The van der Waals surface area contributed by atoms with Crippen LogP contribution in [0, 0.1) is 10.1 Å². The van der Waals surface area contributed by atoms with E-state index in [-0.39, 0.29) is 23.2 Å². The molecule has 0 aliphatic rings. The molecule has 25 heavy (non-hydrogen) atoms. The van der Waals surface area contributed by atoms with Crippen molar-refractivity contribution in [2.24, 2.45) is 0 Å². The van der Waals surface area contributed by atoms with Gasteiger partial charge in [0.2, 0.25) is 0 Å². The number of carbonyl (C=O) groups excluding carboxylic acids is 1. The number of para-hydroxylation sites is 1. The van der Waals surface area contributed by atoms with E-state index in [1.165, 1.54) is 18.2 Å². The molecule has 2 aromatic rings. The number of nitrogens with zero attached hydrogens (tertiary/aromatic N) is 1. The van der Waals surface area contributed by atoms with Gasteiger partial charge in [0.25, 0.3) is 11.6 Å². The lowest BCUT2D eigenvalue weighted by atomic mass is 10.0. The van der Waals surface area contributed by atoms with Crippen LogP contribution < -0.4 is 5.32 Å². The van der Waals surface area contributed by atoms with E-state index in [1.54, 1.807) is 24.3 Å². The summed E-state index contributed by atoms with van der Waals surface area (Å²) in [5, 5.41) is 22.8. The molecule has 0 saturated carbocycles. The minimum atomic E-state index is -1.30. The van der Waals surface area contributed by atoms with Gasteiger partial charge in [-0.2, -0.15) is 0 Å². The third-order valence-corrected chi connectivity index (χ3v) is 4.26. The summed E-state index contributed by atoms with van der Waals surface area (Å²) in [7, 11) is 0. The molecule has 0 aromatic heterocycles. The van der Waals surface area contributed by atoms with Gasteiger partial charge in [-0.1, -0.05) is 50.1 Å². The Morgan fingerprint density at radius 1 is 1.16 bits per heavy atom. The van der Waals surface area contributed by atoms with Crippen molar-refractivity contribution in [1.29, 1.82) is 0 Å². The van der Waals surface area contributed by atoms with Crippen LogP contribution in [0.15, 0.2) is 51.4 Å². The second-order valence-corrected chi connectivity index (χ2v) is 6.94. The van der Waals surface area contributed by atoms with E-state index in [2.05, 4.69) is 37.2 Å². The number of carboxylic acids is 1. The molecule has 2 aromatic carbocycles. The van der Waals surface area contributed by atoms with Crippen LogP contribution in [0.3, 0.4) is 0 Å². The Hall–Kier alpha value is -2.26. The monoisotopic (exact) mass is 470 g/mol. The molecule has 0 heterocycles. The highest BCUT2D eigenvalue weighted by Gasteiger charge is 2.25. The van der Waals surface area contributed by atoms with Crippen molar-refractivity contribution in [3.05, 3.63) is 72.7 Å². The largest absolute Gasteiger partial charge is 0.480 e. The average molecular weight is 472 g/mol. The molecular weight excluding hydrogens is 460 g/mol. The number of rotatable bonds is 6. The van der Waals surface area contributed by atoms with E-state index in [0.717, 1.165) is 0 Å². The van der Waals surface area contributed by atoms with Crippen molar-refractivity contribution in [3.63, 3.8) is 0 Å². The van der Waals surface area contributed by atoms with Crippen LogP contribution in [-0.2, 0) is 11.2 Å². The topological polar surface area (TPSA) is 110 Å². The van der Waals surface area contributed by atoms with Crippen molar-refractivity contribution in [1.82, 2.24) is 5.32 Å². The second kappa shape index (κ2) is 8.21. The molecule has 130 valence electrons. The van der Waals surface area contributed by atoms with E-state index in [4.69, 9.17) is 0 Å². The van der Waals surface area contributed by atoms with Crippen molar-refractivity contribution in [3.8, 4) is 0 Å². The molecule has 0 aliphatic carbocycles. The summed E-state index contributed by atoms with van der Waals surface area (Å²) in [6, 6.07) is 9.36. The number of nitrogens with one attached hydrogen (secondary N) is 1. The zero-order valence-electron chi connectivity index (χ0n) is 12.6. The number of hydrogen-bond donors (Lipinski definition) is 2. The number of carboxylic acid groups (broad SMARTS) is 1. The maximum absolute atomic E-state index is 12.3. The van der Waals surface area contributed by atoms with Crippen LogP contribution >= 0.6 is 31.9 Å². The molecule has 0 saturated heterocycles. The molecule has 1 atom stereocenters. The molecule has 0 fully saturated rings. The number of hydrogen-bond acceptors (Lipinski definition) is 4. The van der Waals surface area contributed by atoms with Gasteiger partial charge in [-0.25, -0.2) is 4.79 Å². The Kier molecular flexibility index (Phi) is 6.27. The van der Waals surface area contributed by atoms with Gasteiger partial charge in [0, 0.05) is 32.6 Å². The molecular formula is C16H12Br2N2O5. The Morgan fingerprint density at radius 2 is 1.76 bits per heavy atom. The number of nitro benzene ring substituents is 1. The summed E-state index contributed by atoms with van der Waals surface area (Å²) in [6.45, 7) is 0. The Balaban J connectivity index is 2.23. The zero-order chi connectivity index (χ0) is 18.6. The van der Waals surface area contributed by atoms with Crippen LogP contribution in [0.25, 0.3) is 0 Å². The van der Waals surface area contributed by atoms with E-state index in [9.17, 15) is 24.8 Å². The third-order valence-electron chi connectivity index (χ3n) is 3.34. The first-order valence-corrected chi connectivity index (χ1v) is 8.58. The van der Waals surface area contributed by atoms with Crippen molar-refractivity contribution in [2.45, 2.75) is 12.5 Å². The SMILES string of the molecule is O=C(N[C@H](Cc1ccccc1[N+](=O)[O-])C(=O)O)c1cc(Br)cc(Br)c1. The first-order valence-electron chi connectivity index (χ1n) is 7.00. The minimum absolute atomic E-state index is 0.187. The highest BCUT2D eigenvalue weighted by Crippen LogP contribution is 2.21. The smallest absolute Gasteiger partial charge is 0.326 e. The summed E-state index contributed by atoms with van der Waals surface area (Å²) < 4.78 is 1.30. The predicted molar refractivity (Wildman–Crippen MR) is 97.5 cm³/mol. The number of benzene rings is 2. The normalized spacial score (nSPS) is 11.6. The van der Waals surface area contributed by atoms with Crippen LogP contribution in [0.1, 0.15) is 15.9 Å². The Labute approximate surface area is 159 Å². The van der Waals surface area contributed by atoms with Gasteiger partial charge >= 0.3 is 5.97 Å². The maximum atomic E-state index is 12.3. The summed E-state index contributed by atoms with van der Waals surface area (Å²) in [6.07, 6.45) is -0.201. The first kappa shape index (κ1) is 19.1. The van der Waals surface area contributed by atoms with Gasteiger partial charge in [-0.05, 0) is 18.2 Å². The summed E-state index contributed by atoms with van der Waals surface area (Å²) in [4.78, 5) is 34.3. The molecule has 7 nitrogen and oxygen atoms in total. The Bertz CT molecular complexity index is 821. The minimum Gasteiger partial charge on any atom is -0.480 e. The van der Waals surface area contributed by atoms with Crippen LogP contribution in [0.4, 0.5) is 5.69 Å². The maximum Gasteiger partial charge on any atom is 0.326 e. The second-order valence-electron chi connectivity index (χ2n) is 5.11. The highest BCUT2D eigenvalue weighted by atomic mass is 79.9. The molecule has 2 N–H and O–H groups in total. The number of nitro groups is 1. The van der Waals surface area contributed by atoms with E-state index in [0.29, 0.717) is 8.95 Å². The molecule has 0 bridgehead atoms. The lowest BCUT2D eigenvalue weighted by molar-refractivity contribution is -0.385. The molecule has 0 aliphatic heterocycles. The van der Waals surface area contributed by atoms with E-state index >= 15 is 0 Å². The van der Waals surface area contributed by atoms with Crippen molar-refractivity contribution < 1.29 is 19.6 Å². The van der Waals surface area contributed by atoms with Gasteiger partial charge in [0.15, 0.2) is 0 Å². The fraction of sp³-hybridized carbons (Fsp3) is 0.125. The fourth-order valence-electron chi connectivity index (χ4n) is 2.21. The van der Waals surface area contributed by atoms with Gasteiger partial charge in [-0.15, -0.1) is 0 Å². The van der Waals surface area contributed by atoms with Crippen LogP contribution in [0.5, 0.6) is 0 Å². The van der Waals surface area contributed by atoms with Gasteiger partial charge in [0.05, 0.1) is 4.92 Å². The number of amides is 1. The van der Waals surface area contributed by atoms with Crippen molar-refractivity contribution in [2.75, 3.05) is 0 Å². The molecule has 0 spiro atoms. The number of aliphatic carboxylic acids is 1. The quantitative estimate of drug-likeness (QED) is 0.494. The molecule has 1 amide bonds. The van der Waals surface area contributed by atoms with Gasteiger partial charge < -0.3 is 10.4 Å². The average Bonchev–Trinajstić information content (AvgIpc) is 2.53. The Morgan fingerprint density at radius 3 is 2.32 bits per heavy atom. The number of halogens is 2. The third kappa shape index (κ3) is 5.10.